The van der Waals surface area contributed by atoms with Crippen LogP contribution in [0.15, 0.2) is 48.5 Å². The Bertz CT molecular complexity index is 870. The zero-order valence-corrected chi connectivity index (χ0v) is 20.1. The van der Waals surface area contributed by atoms with Gasteiger partial charge < -0.3 is 4.74 Å². The maximum Gasteiger partial charge on any atom is 0.182 e. The van der Waals surface area contributed by atoms with Gasteiger partial charge in [0.1, 0.15) is 0 Å². The molecule has 2 fully saturated rings. The van der Waals surface area contributed by atoms with Crippen molar-refractivity contribution in [1.29, 1.82) is 0 Å². The summed E-state index contributed by atoms with van der Waals surface area (Å²) in [7, 11) is 0. The van der Waals surface area contributed by atoms with Gasteiger partial charge in [0.05, 0.1) is 18.8 Å². The van der Waals surface area contributed by atoms with Crippen LogP contribution >= 0.6 is 0 Å². The summed E-state index contributed by atoms with van der Waals surface area (Å²) in [5, 5.41) is 0. The van der Waals surface area contributed by atoms with E-state index in [2.05, 4.69) is 48.2 Å². The Balaban J connectivity index is 1.40. The summed E-state index contributed by atoms with van der Waals surface area (Å²) in [5.74, 6) is 1.85. The van der Waals surface area contributed by atoms with E-state index < -0.39 is 5.54 Å². The predicted molar refractivity (Wildman–Crippen MR) is 132 cm³/mol. The van der Waals surface area contributed by atoms with Crippen LogP contribution in [-0.4, -0.2) is 42.5 Å². The Morgan fingerprint density at radius 2 is 1.47 bits per heavy atom. The number of rotatable bonds is 7. The van der Waals surface area contributed by atoms with Crippen molar-refractivity contribution in [3.05, 3.63) is 59.7 Å². The minimum atomic E-state index is -0.511. The highest BCUT2D eigenvalue weighted by Crippen LogP contribution is 2.38. The Hall–Kier alpha value is -1.97. The summed E-state index contributed by atoms with van der Waals surface area (Å²) >= 11 is 0. The fourth-order valence-electron chi connectivity index (χ4n) is 5.57. The molecule has 0 bridgehead atoms. The maximum absolute atomic E-state index is 13.2. The monoisotopic (exact) mass is 433 g/mol. The van der Waals surface area contributed by atoms with Crippen molar-refractivity contribution in [3.63, 3.8) is 0 Å². The number of carbonyl (C=O) groups excluding carboxylic acids is 1. The molecule has 1 saturated heterocycles. The van der Waals surface area contributed by atoms with Crippen LogP contribution in [0.4, 0.5) is 0 Å². The lowest BCUT2D eigenvalue weighted by Gasteiger charge is -2.39. The molecular formula is C29H39NO2. The average molecular weight is 434 g/mol. The summed E-state index contributed by atoms with van der Waals surface area (Å²) in [6, 6.07) is 17.3. The van der Waals surface area contributed by atoms with Crippen molar-refractivity contribution < 1.29 is 9.53 Å². The Morgan fingerprint density at radius 3 is 2.03 bits per heavy atom. The van der Waals surface area contributed by atoms with Gasteiger partial charge in [0.25, 0.3) is 0 Å². The molecule has 0 amide bonds. The largest absolute Gasteiger partial charge is 0.379 e. The summed E-state index contributed by atoms with van der Waals surface area (Å²) in [6.45, 7) is 9.38. The minimum absolute atomic E-state index is 0.181. The lowest BCUT2D eigenvalue weighted by Crippen LogP contribution is -2.54. The standard InChI is InChI=1S/C29H39NO2/c1-4-5-22-6-8-23(9-7-22)24-10-12-25(13-11-24)26-14-16-27(17-15-26)28(31)29(2,3)30-18-20-32-21-19-30/h10-17,22-23H,4-9,18-21H2,1-3H3. The molecule has 4 rings (SSSR count). The first-order valence-electron chi connectivity index (χ1n) is 12.6. The van der Waals surface area contributed by atoms with Crippen LogP contribution < -0.4 is 0 Å². The number of morpholine rings is 1. The molecule has 0 unspecified atom stereocenters. The SMILES string of the molecule is CCCC1CCC(c2ccc(-c3ccc(C(=O)C(C)(C)N4CCOCC4)cc3)cc2)CC1. The van der Waals surface area contributed by atoms with Crippen molar-refractivity contribution in [3.8, 4) is 11.1 Å². The fraction of sp³-hybridized carbons (Fsp3) is 0.552. The van der Waals surface area contributed by atoms with Gasteiger partial charge in [-0.15, -0.1) is 0 Å². The van der Waals surface area contributed by atoms with Crippen LogP contribution in [0, 0.1) is 5.92 Å². The third-order valence-electron chi connectivity index (χ3n) is 7.76. The highest BCUT2D eigenvalue weighted by Gasteiger charge is 2.35. The first-order valence-corrected chi connectivity index (χ1v) is 12.6. The van der Waals surface area contributed by atoms with Gasteiger partial charge in [-0.05, 0) is 68.1 Å². The van der Waals surface area contributed by atoms with E-state index in [4.69, 9.17) is 4.74 Å². The van der Waals surface area contributed by atoms with Crippen molar-refractivity contribution in [2.75, 3.05) is 26.3 Å². The molecule has 0 radical (unpaired) electrons. The third kappa shape index (κ3) is 5.15. The summed E-state index contributed by atoms with van der Waals surface area (Å²) < 4.78 is 5.45. The van der Waals surface area contributed by atoms with Crippen LogP contribution in [0.2, 0.25) is 0 Å². The number of hydrogen-bond acceptors (Lipinski definition) is 3. The normalized spacial score (nSPS) is 22.6. The second kappa shape index (κ2) is 10.3. The lowest BCUT2D eigenvalue weighted by molar-refractivity contribution is -0.00429. The first kappa shape index (κ1) is 23.2. The minimum Gasteiger partial charge on any atom is -0.379 e. The number of ether oxygens (including phenoxy) is 1. The van der Waals surface area contributed by atoms with E-state index in [9.17, 15) is 4.79 Å². The van der Waals surface area contributed by atoms with E-state index >= 15 is 0 Å². The van der Waals surface area contributed by atoms with Gasteiger partial charge in [-0.2, -0.15) is 0 Å². The number of ketones is 1. The van der Waals surface area contributed by atoms with Gasteiger partial charge in [-0.1, -0.05) is 68.3 Å². The molecule has 1 aliphatic carbocycles. The smallest absolute Gasteiger partial charge is 0.182 e. The van der Waals surface area contributed by atoms with Crippen LogP contribution in [0.3, 0.4) is 0 Å². The summed E-state index contributed by atoms with van der Waals surface area (Å²) in [6.07, 6.45) is 8.15. The van der Waals surface area contributed by atoms with Gasteiger partial charge in [-0.3, -0.25) is 9.69 Å². The molecule has 3 heteroatoms. The van der Waals surface area contributed by atoms with Gasteiger partial charge in [0.2, 0.25) is 0 Å². The van der Waals surface area contributed by atoms with E-state index in [1.54, 1.807) is 0 Å². The second-order valence-corrected chi connectivity index (χ2v) is 10.2. The molecule has 2 aliphatic rings. The number of benzene rings is 2. The number of carbonyl (C=O) groups is 1. The van der Waals surface area contributed by atoms with Gasteiger partial charge in [-0.25, -0.2) is 0 Å². The zero-order valence-electron chi connectivity index (χ0n) is 20.1. The van der Waals surface area contributed by atoms with E-state index in [1.807, 2.05) is 26.0 Å². The van der Waals surface area contributed by atoms with Gasteiger partial charge in [0, 0.05) is 18.7 Å². The van der Waals surface area contributed by atoms with Gasteiger partial charge in [0.15, 0.2) is 5.78 Å². The van der Waals surface area contributed by atoms with E-state index in [1.165, 1.54) is 55.2 Å². The molecule has 3 nitrogen and oxygen atoms in total. The molecule has 1 aliphatic heterocycles. The Kier molecular flexibility index (Phi) is 7.48. The summed E-state index contributed by atoms with van der Waals surface area (Å²) in [4.78, 5) is 15.5. The molecule has 0 atom stereocenters. The molecule has 1 saturated carbocycles. The molecule has 0 N–H and O–H groups in total. The molecule has 0 spiro atoms. The first-order chi connectivity index (χ1) is 15.5. The predicted octanol–water partition coefficient (Wildman–Crippen LogP) is 6.72. The molecule has 2 aromatic carbocycles. The number of nitrogens with zero attached hydrogens (tertiary/aromatic N) is 1. The van der Waals surface area contributed by atoms with Crippen molar-refractivity contribution >= 4 is 5.78 Å². The van der Waals surface area contributed by atoms with Gasteiger partial charge >= 0.3 is 0 Å². The average Bonchev–Trinajstić information content (AvgIpc) is 2.85. The van der Waals surface area contributed by atoms with Crippen LogP contribution in [0.25, 0.3) is 11.1 Å². The molecular weight excluding hydrogens is 394 g/mol. The topological polar surface area (TPSA) is 29.5 Å². The third-order valence-corrected chi connectivity index (χ3v) is 7.76. The van der Waals surface area contributed by atoms with E-state index in [0.717, 1.165) is 30.5 Å². The van der Waals surface area contributed by atoms with Crippen LogP contribution in [-0.2, 0) is 4.74 Å². The molecule has 1 heterocycles. The van der Waals surface area contributed by atoms with Crippen molar-refractivity contribution in [1.82, 2.24) is 4.90 Å². The molecule has 2 aromatic rings. The van der Waals surface area contributed by atoms with Crippen molar-refractivity contribution in [2.45, 2.75) is 70.8 Å². The fourth-order valence-corrected chi connectivity index (χ4v) is 5.57. The quantitative estimate of drug-likeness (QED) is 0.454. The van der Waals surface area contributed by atoms with Crippen molar-refractivity contribution in [2.24, 2.45) is 5.92 Å². The zero-order chi connectivity index (χ0) is 22.6. The molecule has 32 heavy (non-hydrogen) atoms. The number of hydrogen-bond donors (Lipinski definition) is 0. The maximum atomic E-state index is 13.2. The van der Waals surface area contributed by atoms with Crippen LogP contribution in [0.5, 0.6) is 0 Å². The molecule has 0 aromatic heterocycles. The Labute approximate surface area is 194 Å². The Morgan fingerprint density at radius 1 is 0.906 bits per heavy atom. The summed E-state index contributed by atoms with van der Waals surface area (Å²) in [5.41, 5.74) is 4.15. The molecule has 172 valence electrons. The van der Waals surface area contributed by atoms with E-state index in [-0.39, 0.29) is 5.78 Å². The highest BCUT2D eigenvalue weighted by molar-refractivity contribution is 6.03. The highest BCUT2D eigenvalue weighted by atomic mass is 16.5. The number of Topliss-reactive ketones (excluding diaryl/α,β-unsaturated/α-hetero) is 1. The second-order valence-electron chi connectivity index (χ2n) is 10.2. The lowest BCUT2D eigenvalue weighted by atomic mass is 9.77. The van der Waals surface area contributed by atoms with Crippen LogP contribution in [0.1, 0.15) is 81.1 Å². The van der Waals surface area contributed by atoms with E-state index in [0.29, 0.717) is 13.2 Å².